The van der Waals surface area contributed by atoms with Gasteiger partial charge in [-0.05, 0) is 24.1 Å². The standard InChI is InChI=1S/C17H23FN2O3/c18-14-4-1-13(2-5-14)3-6-17(22)20-11-15(16(21)12-20)19-7-9-23-10-8-19/h1-2,4-5,15-16,21H,3,6-12H2/t15-,16-/m1/s1. The summed E-state index contributed by atoms with van der Waals surface area (Å²) in [6.45, 7) is 3.94. The number of carbonyl (C=O) groups excluding carboxylic acids is 1. The maximum atomic E-state index is 12.9. The van der Waals surface area contributed by atoms with E-state index in [4.69, 9.17) is 4.74 Å². The topological polar surface area (TPSA) is 53.0 Å². The number of amides is 1. The van der Waals surface area contributed by atoms with Crippen LogP contribution in [-0.4, -0.2) is 72.4 Å². The second-order valence-corrected chi connectivity index (χ2v) is 6.21. The highest BCUT2D eigenvalue weighted by Crippen LogP contribution is 2.19. The van der Waals surface area contributed by atoms with E-state index in [1.165, 1.54) is 12.1 Å². The number of halogens is 1. The average Bonchev–Trinajstić information content (AvgIpc) is 2.97. The van der Waals surface area contributed by atoms with Gasteiger partial charge in [0, 0.05) is 32.6 Å². The van der Waals surface area contributed by atoms with Crippen molar-refractivity contribution >= 4 is 5.91 Å². The summed E-state index contributed by atoms with van der Waals surface area (Å²) in [6, 6.07) is 6.24. The van der Waals surface area contributed by atoms with Crippen LogP contribution in [0.1, 0.15) is 12.0 Å². The van der Waals surface area contributed by atoms with Crippen LogP contribution < -0.4 is 0 Å². The van der Waals surface area contributed by atoms with Crippen LogP contribution in [0.5, 0.6) is 0 Å². The van der Waals surface area contributed by atoms with Crippen molar-refractivity contribution < 1.29 is 19.0 Å². The SMILES string of the molecule is O=C(CCc1ccc(F)cc1)N1C[C@@H](O)[C@H](N2CCOCC2)C1. The van der Waals surface area contributed by atoms with Gasteiger partial charge in [-0.15, -0.1) is 0 Å². The van der Waals surface area contributed by atoms with E-state index in [0.717, 1.165) is 18.7 Å². The molecule has 0 bridgehead atoms. The highest BCUT2D eigenvalue weighted by Gasteiger charge is 2.37. The summed E-state index contributed by atoms with van der Waals surface area (Å²) >= 11 is 0. The van der Waals surface area contributed by atoms with Crippen molar-refractivity contribution in [2.75, 3.05) is 39.4 Å². The van der Waals surface area contributed by atoms with Crippen molar-refractivity contribution in [2.24, 2.45) is 0 Å². The van der Waals surface area contributed by atoms with Gasteiger partial charge >= 0.3 is 0 Å². The maximum absolute atomic E-state index is 12.9. The van der Waals surface area contributed by atoms with E-state index in [2.05, 4.69) is 4.90 Å². The molecule has 2 aliphatic heterocycles. The lowest BCUT2D eigenvalue weighted by atomic mass is 10.1. The second-order valence-electron chi connectivity index (χ2n) is 6.21. The van der Waals surface area contributed by atoms with Crippen LogP contribution >= 0.6 is 0 Å². The van der Waals surface area contributed by atoms with Crippen LogP contribution in [0.25, 0.3) is 0 Å². The number of hydrogen-bond acceptors (Lipinski definition) is 4. The molecule has 0 saturated carbocycles. The molecule has 1 aromatic carbocycles. The first-order valence-corrected chi connectivity index (χ1v) is 8.15. The van der Waals surface area contributed by atoms with Gasteiger partial charge in [0.15, 0.2) is 0 Å². The average molecular weight is 322 g/mol. The maximum Gasteiger partial charge on any atom is 0.223 e. The molecule has 6 heteroatoms. The summed E-state index contributed by atoms with van der Waals surface area (Å²) in [7, 11) is 0. The first-order chi connectivity index (χ1) is 11.1. The number of aliphatic hydroxyl groups is 1. The summed E-state index contributed by atoms with van der Waals surface area (Å²) in [4.78, 5) is 16.3. The van der Waals surface area contributed by atoms with Crippen molar-refractivity contribution in [3.8, 4) is 0 Å². The Kier molecular flexibility index (Phi) is 5.25. The molecule has 1 N–H and O–H groups in total. The van der Waals surface area contributed by atoms with Gasteiger partial charge in [-0.1, -0.05) is 12.1 Å². The predicted octanol–water partition coefficient (Wildman–Crippen LogP) is 0.662. The molecule has 2 fully saturated rings. The van der Waals surface area contributed by atoms with Crippen LogP contribution in [0.3, 0.4) is 0 Å². The molecular formula is C17H23FN2O3. The highest BCUT2D eigenvalue weighted by molar-refractivity contribution is 5.77. The van der Waals surface area contributed by atoms with E-state index >= 15 is 0 Å². The second kappa shape index (κ2) is 7.38. The number of carbonyl (C=O) groups is 1. The van der Waals surface area contributed by atoms with E-state index in [-0.39, 0.29) is 17.8 Å². The summed E-state index contributed by atoms with van der Waals surface area (Å²) in [5, 5.41) is 10.3. The van der Waals surface area contributed by atoms with Crippen molar-refractivity contribution in [1.82, 2.24) is 9.80 Å². The zero-order chi connectivity index (χ0) is 16.2. The summed E-state index contributed by atoms with van der Waals surface area (Å²) < 4.78 is 18.2. The molecule has 0 spiro atoms. The Labute approximate surface area is 135 Å². The van der Waals surface area contributed by atoms with Gasteiger partial charge in [-0.3, -0.25) is 9.69 Å². The van der Waals surface area contributed by atoms with Crippen molar-refractivity contribution in [3.63, 3.8) is 0 Å². The molecule has 1 aromatic rings. The number of benzene rings is 1. The quantitative estimate of drug-likeness (QED) is 0.885. The van der Waals surface area contributed by atoms with Gasteiger partial charge in [-0.2, -0.15) is 0 Å². The van der Waals surface area contributed by atoms with Gasteiger partial charge in [0.2, 0.25) is 5.91 Å². The third-order valence-corrected chi connectivity index (χ3v) is 4.67. The van der Waals surface area contributed by atoms with Crippen molar-refractivity contribution in [2.45, 2.75) is 25.0 Å². The lowest BCUT2D eigenvalue weighted by molar-refractivity contribution is -0.130. The Hall–Kier alpha value is -1.50. The first-order valence-electron chi connectivity index (χ1n) is 8.15. The molecule has 0 aliphatic carbocycles. The number of hydrogen-bond donors (Lipinski definition) is 1. The smallest absolute Gasteiger partial charge is 0.223 e. The van der Waals surface area contributed by atoms with Gasteiger partial charge in [-0.25, -0.2) is 4.39 Å². The van der Waals surface area contributed by atoms with Crippen LogP contribution in [0, 0.1) is 5.82 Å². The van der Waals surface area contributed by atoms with Crippen LogP contribution in [0.4, 0.5) is 4.39 Å². The van der Waals surface area contributed by atoms with Crippen LogP contribution in [0.15, 0.2) is 24.3 Å². The van der Waals surface area contributed by atoms with E-state index in [1.54, 1.807) is 17.0 Å². The fourth-order valence-corrected chi connectivity index (χ4v) is 3.30. The highest BCUT2D eigenvalue weighted by atomic mass is 19.1. The Morgan fingerprint density at radius 3 is 2.61 bits per heavy atom. The van der Waals surface area contributed by atoms with E-state index in [1.807, 2.05) is 0 Å². The number of likely N-dealkylation sites (tertiary alicyclic amines) is 1. The normalized spacial score (nSPS) is 25.7. The number of morpholine rings is 1. The monoisotopic (exact) mass is 322 g/mol. The molecule has 2 atom stereocenters. The lowest BCUT2D eigenvalue weighted by Crippen LogP contribution is -2.49. The first kappa shape index (κ1) is 16.4. The molecule has 126 valence electrons. The number of β-amino-alcohol motifs (C(OH)–C–C–N with tert-alkyl or cyclic N) is 1. The summed E-state index contributed by atoms with van der Waals surface area (Å²) in [6.07, 6.45) is 0.477. The number of rotatable bonds is 4. The molecule has 2 saturated heterocycles. The molecule has 3 rings (SSSR count). The van der Waals surface area contributed by atoms with E-state index in [0.29, 0.717) is 39.1 Å². The molecule has 2 heterocycles. The Morgan fingerprint density at radius 2 is 1.91 bits per heavy atom. The summed E-state index contributed by atoms with van der Waals surface area (Å²) in [5.74, 6) is -0.222. The number of aryl methyl sites for hydroxylation is 1. The molecule has 5 nitrogen and oxygen atoms in total. The van der Waals surface area contributed by atoms with E-state index in [9.17, 15) is 14.3 Å². The minimum Gasteiger partial charge on any atom is -0.390 e. The largest absolute Gasteiger partial charge is 0.390 e. The number of ether oxygens (including phenoxy) is 1. The fraction of sp³-hybridized carbons (Fsp3) is 0.588. The number of aliphatic hydroxyl groups excluding tert-OH is 1. The molecular weight excluding hydrogens is 299 g/mol. The minimum atomic E-state index is -0.497. The van der Waals surface area contributed by atoms with Crippen molar-refractivity contribution in [1.29, 1.82) is 0 Å². The zero-order valence-electron chi connectivity index (χ0n) is 13.2. The summed E-state index contributed by atoms with van der Waals surface area (Å²) in [5.41, 5.74) is 0.948. The third-order valence-electron chi connectivity index (χ3n) is 4.67. The minimum absolute atomic E-state index is 0.00803. The lowest BCUT2D eigenvalue weighted by Gasteiger charge is -2.33. The van der Waals surface area contributed by atoms with Crippen LogP contribution in [-0.2, 0) is 16.0 Å². The van der Waals surface area contributed by atoms with Gasteiger partial charge < -0.3 is 14.7 Å². The van der Waals surface area contributed by atoms with Gasteiger partial charge in [0.1, 0.15) is 5.82 Å². The van der Waals surface area contributed by atoms with Gasteiger partial charge in [0.05, 0.1) is 25.4 Å². The zero-order valence-corrected chi connectivity index (χ0v) is 13.2. The fourth-order valence-electron chi connectivity index (χ4n) is 3.30. The molecule has 0 unspecified atom stereocenters. The van der Waals surface area contributed by atoms with Gasteiger partial charge in [0.25, 0.3) is 0 Å². The third kappa shape index (κ3) is 4.07. The molecule has 2 aliphatic rings. The molecule has 0 radical (unpaired) electrons. The Balaban J connectivity index is 1.51. The van der Waals surface area contributed by atoms with Crippen LogP contribution in [0.2, 0.25) is 0 Å². The Bertz CT molecular complexity index is 531. The Morgan fingerprint density at radius 1 is 1.22 bits per heavy atom. The molecule has 1 amide bonds. The molecule has 0 aromatic heterocycles. The van der Waals surface area contributed by atoms with E-state index < -0.39 is 6.10 Å². The predicted molar refractivity (Wildman–Crippen MR) is 83.5 cm³/mol. The molecule has 23 heavy (non-hydrogen) atoms. The number of nitrogens with zero attached hydrogens (tertiary/aromatic N) is 2. The van der Waals surface area contributed by atoms with Crippen molar-refractivity contribution in [3.05, 3.63) is 35.6 Å².